The van der Waals surface area contributed by atoms with Gasteiger partial charge in [0.15, 0.2) is 6.10 Å². The molecule has 120 valence electrons. The molecule has 0 bridgehead atoms. The number of hydrogen-bond donors (Lipinski definition) is 1. The number of ether oxygens (including phenoxy) is 1. The van der Waals surface area contributed by atoms with Gasteiger partial charge >= 0.3 is 5.97 Å². The first kappa shape index (κ1) is 16.9. The number of halogens is 1. The normalized spacial score (nSPS) is 12.1. The lowest BCUT2D eigenvalue weighted by atomic mass is 10.2. The van der Waals surface area contributed by atoms with Crippen LogP contribution in [0.2, 0.25) is 0 Å². The van der Waals surface area contributed by atoms with Gasteiger partial charge in [-0.05, 0) is 42.1 Å². The molecule has 1 atom stereocenters. The summed E-state index contributed by atoms with van der Waals surface area (Å²) >= 11 is 1.50. The van der Waals surface area contributed by atoms with Crippen LogP contribution in [0.3, 0.4) is 0 Å². The minimum absolute atomic E-state index is 0.242. The average molecular weight is 333 g/mol. The number of carbonyl (C=O) groups excluding carboxylic acids is 2. The summed E-state index contributed by atoms with van der Waals surface area (Å²) in [5, 5.41) is 4.53. The minimum Gasteiger partial charge on any atom is -0.449 e. The summed E-state index contributed by atoms with van der Waals surface area (Å²) in [6.45, 7) is 1.74. The van der Waals surface area contributed by atoms with Crippen molar-refractivity contribution in [2.75, 3.05) is 0 Å². The summed E-state index contributed by atoms with van der Waals surface area (Å²) < 4.78 is 17.8. The Morgan fingerprint density at radius 1 is 1.30 bits per heavy atom. The number of thiophene rings is 1. The first-order chi connectivity index (χ1) is 11.0. The second-order valence-corrected chi connectivity index (χ2v) is 5.75. The number of rotatable bonds is 6. The lowest BCUT2D eigenvalue weighted by Crippen LogP contribution is -2.35. The van der Waals surface area contributed by atoms with Gasteiger partial charge in [0, 0.05) is 17.5 Å². The van der Waals surface area contributed by atoms with E-state index in [0.29, 0.717) is 0 Å². The van der Waals surface area contributed by atoms with Gasteiger partial charge in [0.25, 0.3) is 5.91 Å². The summed E-state index contributed by atoms with van der Waals surface area (Å²) in [5.41, 5.74) is 0.760. The predicted molar refractivity (Wildman–Crippen MR) is 87.2 cm³/mol. The molecule has 0 aliphatic rings. The summed E-state index contributed by atoms with van der Waals surface area (Å²) in [4.78, 5) is 24.4. The van der Waals surface area contributed by atoms with Crippen LogP contribution >= 0.6 is 11.3 Å². The summed E-state index contributed by atoms with van der Waals surface area (Å²) in [5.74, 6) is -1.32. The summed E-state index contributed by atoms with van der Waals surface area (Å²) in [6.07, 6.45) is 2.02. The molecule has 23 heavy (non-hydrogen) atoms. The van der Waals surface area contributed by atoms with Gasteiger partial charge in [-0.2, -0.15) is 0 Å². The largest absolute Gasteiger partial charge is 0.449 e. The number of nitrogens with one attached hydrogen (secondary N) is 1. The van der Waals surface area contributed by atoms with Gasteiger partial charge in [0.05, 0.1) is 0 Å². The van der Waals surface area contributed by atoms with Crippen LogP contribution in [0.4, 0.5) is 4.39 Å². The molecule has 1 aromatic carbocycles. The van der Waals surface area contributed by atoms with Gasteiger partial charge in [0.2, 0.25) is 0 Å². The Balaban J connectivity index is 1.77. The Hall–Kier alpha value is -2.47. The Bertz CT molecular complexity index is 680. The fraction of sp³-hybridized carbons (Fsp3) is 0.176. The van der Waals surface area contributed by atoms with Crippen LogP contribution in [-0.2, 0) is 20.9 Å². The Morgan fingerprint density at radius 3 is 2.70 bits per heavy atom. The van der Waals surface area contributed by atoms with Crippen molar-refractivity contribution < 1.29 is 18.7 Å². The standard InChI is InChI=1S/C17H16FNO3S/c1-12(22-16(20)9-8-15-3-2-10-23-15)17(21)19-11-13-4-6-14(18)7-5-13/h2-10,12H,11H2,1H3,(H,19,21)/b9-8+/t12-/m1/s1. The number of esters is 1. The van der Waals surface area contributed by atoms with Crippen LogP contribution in [0, 0.1) is 5.82 Å². The van der Waals surface area contributed by atoms with Crippen molar-refractivity contribution >= 4 is 29.3 Å². The topological polar surface area (TPSA) is 55.4 Å². The second-order valence-electron chi connectivity index (χ2n) is 4.77. The molecule has 0 fully saturated rings. The molecule has 4 nitrogen and oxygen atoms in total. The van der Waals surface area contributed by atoms with E-state index in [1.165, 1.54) is 36.5 Å². The molecule has 0 aliphatic carbocycles. The number of amides is 1. The fourth-order valence-electron chi connectivity index (χ4n) is 1.74. The molecule has 0 saturated heterocycles. The molecule has 0 aliphatic heterocycles. The first-order valence-corrected chi connectivity index (χ1v) is 7.87. The van der Waals surface area contributed by atoms with Crippen LogP contribution in [0.1, 0.15) is 17.4 Å². The predicted octanol–water partition coefficient (Wildman–Crippen LogP) is 3.15. The molecule has 1 N–H and O–H groups in total. The molecule has 6 heteroatoms. The molecule has 2 aromatic rings. The molecule has 1 heterocycles. The third kappa shape index (κ3) is 5.67. The maximum atomic E-state index is 12.8. The van der Waals surface area contributed by atoms with Gasteiger partial charge in [-0.15, -0.1) is 11.3 Å². The highest BCUT2D eigenvalue weighted by Gasteiger charge is 2.16. The smallest absolute Gasteiger partial charge is 0.331 e. The van der Waals surface area contributed by atoms with Crippen molar-refractivity contribution in [3.8, 4) is 0 Å². The third-order valence-corrected chi connectivity index (χ3v) is 3.81. The van der Waals surface area contributed by atoms with E-state index >= 15 is 0 Å². The minimum atomic E-state index is -0.907. The zero-order valence-corrected chi connectivity index (χ0v) is 13.3. The maximum Gasteiger partial charge on any atom is 0.331 e. The SMILES string of the molecule is C[C@@H](OC(=O)/C=C/c1cccs1)C(=O)NCc1ccc(F)cc1. The van der Waals surface area contributed by atoms with E-state index in [-0.39, 0.29) is 12.4 Å². The highest BCUT2D eigenvalue weighted by Crippen LogP contribution is 2.10. The van der Waals surface area contributed by atoms with Crippen LogP contribution in [-0.4, -0.2) is 18.0 Å². The molecule has 0 spiro atoms. The van der Waals surface area contributed by atoms with Gasteiger partial charge in [-0.3, -0.25) is 4.79 Å². The average Bonchev–Trinajstić information content (AvgIpc) is 3.05. The number of carbonyl (C=O) groups is 2. The molecule has 0 radical (unpaired) electrons. The monoisotopic (exact) mass is 333 g/mol. The van der Waals surface area contributed by atoms with E-state index in [4.69, 9.17) is 4.74 Å². The lowest BCUT2D eigenvalue weighted by Gasteiger charge is -2.12. The zero-order chi connectivity index (χ0) is 16.7. The van der Waals surface area contributed by atoms with Crippen LogP contribution in [0.25, 0.3) is 6.08 Å². The van der Waals surface area contributed by atoms with E-state index in [1.54, 1.807) is 18.2 Å². The Labute approximate surface area is 137 Å². The van der Waals surface area contributed by atoms with Crippen LogP contribution < -0.4 is 5.32 Å². The van der Waals surface area contributed by atoms with E-state index < -0.39 is 18.0 Å². The van der Waals surface area contributed by atoms with Gasteiger partial charge in [-0.1, -0.05) is 18.2 Å². The molecular formula is C17H16FNO3S. The first-order valence-electron chi connectivity index (χ1n) is 6.99. The molecule has 0 unspecified atom stereocenters. The van der Waals surface area contributed by atoms with E-state index in [2.05, 4.69) is 5.32 Å². The van der Waals surface area contributed by atoms with Gasteiger partial charge in [0.1, 0.15) is 5.82 Å². The van der Waals surface area contributed by atoms with Crippen molar-refractivity contribution in [3.63, 3.8) is 0 Å². The van der Waals surface area contributed by atoms with Crippen molar-refractivity contribution in [1.29, 1.82) is 0 Å². The van der Waals surface area contributed by atoms with Crippen molar-refractivity contribution in [2.45, 2.75) is 19.6 Å². The van der Waals surface area contributed by atoms with Gasteiger partial charge < -0.3 is 10.1 Å². The third-order valence-electron chi connectivity index (χ3n) is 2.97. The van der Waals surface area contributed by atoms with Crippen LogP contribution in [0.15, 0.2) is 47.9 Å². The quantitative estimate of drug-likeness (QED) is 0.653. The van der Waals surface area contributed by atoms with E-state index in [9.17, 15) is 14.0 Å². The van der Waals surface area contributed by atoms with Crippen LogP contribution in [0.5, 0.6) is 0 Å². The maximum absolute atomic E-state index is 12.8. The second kappa shape index (κ2) is 8.24. The molecular weight excluding hydrogens is 317 g/mol. The van der Waals surface area contributed by atoms with Crippen molar-refractivity contribution in [2.24, 2.45) is 0 Å². The summed E-state index contributed by atoms with van der Waals surface area (Å²) in [7, 11) is 0. The number of benzene rings is 1. The Kier molecular flexibility index (Phi) is 6.05. The highest BCUT2D eigenvalue weighted by atomic mass is 32.1. The van der Waals surface area contributed by atoms with E-state index in [1.807, 2.05) is 17.5 Å². The van der Waals surface area contributed by atoms with E-state index in [0.717, 1.165) is 10.4 Å². The molecule has 1 aromatic heterocycles. The molecule has 0 saturated carbocycles. The zero-order valence-electron chi connectivity index (χ0n) is 12.5. The van der Waals surface area contributed by atoms with Crippen molar-refractivity contribution in [3.05, 3.63) is 64.1 Å². The number of hydrogen-bond acceptors (Lipinski definition) is 4. The molecule has 2 rings (SSSR count). The van der Waals surface area contributed by atoms with Crippen molar-refractivity contribution in [1.82, 2.24) is 5.32 Å². The highest BCUT2D eigenvalue weighted by molar-refractivity contribution is 7.10. The fourth-order valence-corrected chi connectivity index (χ4v) is 2.36. The lowest BCUT2D eigenvalue weighted by molar-refractivity contribution is -0.150. The Morgan fingerprint density at radius 2 is 2.04 bits per heavy atom. The summed E-state index contributed by atoms with van der Waals surface area (Å²) in [6, 6.07) is 9.54. The molecule has 1 amide bonds. The van der Waals surface area contributed by atoms with Gasteiger partial charge in [-0.25, -0.2) is 9.18 Å².